The van der Waals surface area contributed by atoms with Gasteiger partial charge in [-0.2, -0.15) is 0 Å². The number of carboxylic acids is 1. The maximum atomic E-state index is 12.1. The third kappa shape index (κ3) is 3.13. The van der Waals surface area contributed by atoms with Crippen LogP contribution in [0, 0.1) is 0 Å². The number of esters is 1. The second kappa shape index (κ2) is 6.68. The smallest absolute Gasteiger partial charge is 0.330 e. The number of aliphatic carboxylic acids is 1. The Bertz CT molecular complexity index is 474. The summed E-state index contributed by atoms with van der Waals surface area (Å²) in [6.07, 6.45) is 0. The molecule has 19 heavy (non-hydrogen) atoms. The molecule has 0 radical (unpaired) electrons. The minimum Gasteiger partial charge on any atom is -0.480 e. The van der Waals surface area contributed by atoms with Gasteiger partial charge in [-0.3, -0.25) is 9.59 Å². The summed E-state index contributed by atoms with van der Waals surface area (Å²) in [5, 5.41) is 9.50. The molecular formula is C13H15BrO5. The normalized spacial score (nSPS) is 13.6. The quantitative estimate of drug-likeness (QED) is 0.637. The van der Waals surface area contributed by atoms with Crippen LogP contribution in [0.3, 0.4) is 0 Å². The molecule has 0 saturated carbocycles. The van der Waals surface area contributed by atoms with E-state index in [0.29, 0.717) is 10.0 Å². The van der Waals surface area contributed by atoms with Crippen LogP contribution in [-0.4, -0.2) is 37.4 Å². The molecule has 1 atom stereocenters. The van der Waals surface area contributed by atoms with E-state index in [2.05, 4.69) is 15.9 Å². The highest BCUT2D eigenvalue weighted by Crippen LogP contribution is 2.29. The molecule has 0 spiro atoms. The summed E-state index contributed by atoms with van der Waals surface area (Å²) in [6, 6.07) is 6.54. The van der Waals surface area contributed by atoms with Crippen LogP contribution in [0.25, 0.3) is 0 Å². The Hall–Kier alpha value is -1.40. The molecule has 0 aliphatic carbocycles. The summed E-state index contributed by atoms with van der Waals surface area (Å²) in [7, 11) is 1.34. The molecule has 0 saturated heterocycles. The lowest BCUT2D eigenvalue weighted by Crippen LogP contribution is -2.48. The van der Waals surface area contributed by atoms with Crippen LogP contribution in [0.2, 0.25) is 0 Å². The van der Waals surface area contributed by atoms with Crippen molar-refractivity contribution in [1.29, 1.82) is 0 Å². The number of halogens is 1. The number of benzene rings is 1. The zero-order valence-electron chi connectivity index (χ0n) is 10.7. The van der Waals surface area contributed by atoms with Crippen LogP contribution in [0.5, 0.6) is 0 Å². The fraction of sp³-hybridized carbons (Fsp3) is 0.385. The molecule has 1 rings (SSSR count). The molecule has 5 nitrogen and oxygen atoms in total. The Labute approximate surface area is 119 Å². The Morgan fingerprint density at radius 2 is 2.11 bits per heavy atom. The second-order valence-corrected chi connectivity index (χ2v) is 4.79. The van der Waals surface area contributed by atoms with Gasteiger partial charge in [0, 0.05) is 11.6 Å². The molecular weight excluding hydrogens is 316 g/mol. The maximum Gasteiger partial charge on any atom is 0.330 e. The van der Waals surface area contributed by atoms with E-state index in [1.807, 2.05) is 0 Å². The molecule has 0 bridgehead atoms. The van der Waals surface area contributed by atoms with E-state index in [-0.39, 0.29) is 13.2 Å². The molecule has 0 aliphatic rings. The van der Waals surface area contributed by atoms with Crippen molar-refractivity contribution in [1.82, 2.24) is 0 Å². The minimum atomic E-state index is -1.85. The highest BCUT2D eigenvalue weighted by Gasteiger charge is 2.50. The lowest BCUT2D eigenvalue weighted by atomic mass is 9.81. The number of methoxy groups -OCH3 is 1. The molecule has 1 N–H and O–H groups in total. The van der Waals surface area contributed by atoms with Crippen LogP contribution >= 0.6 is 15.9 Å². The molecule has 1 unspecified atom stereocenters. The van der Waals surface area contributed by atoms with Crippen molar-refractivity contribution in [2.75, 3.05) is 20.3 Å². The standard InChI is InChI=1S/C13H15BrO5/c1-3-19-12(17)13(8-18-2,11(15)16)9-5-4-6-10(14)7-9/h4-7H,3,8H2,1-2H3,(H,15,16). The van der Waals surface area contributed by atoms with E-state index in [0.717, 1.165) is 0 Å². The van der Waals surface area contributed by atoms with Crippen molar-refractivity contribution in [3.63, 3.8) is 0 Å². The average Bonchev–Trinajstić information content (AvgIpc) is 2.35. The molecule has 0 aromatic heterocycles. The largest absolute Gasteiger partial charge is 0.480 e. The van der Waals surface area contributed by atoms with Crippen molar-refractivity contribution in [3.05, 3.63) is 34.3 Å². The topological polar surface area (TPSA) is 72.8 Å². The summed E-state index contributed by atoms with van der Waals surface area (Å²) in [6.45, 7) is 1.43. The number of hydrogen-bond acceptors (Lipinski definition) is 4. The lowest BCUT2D eigenvalue weighted by molar-refractivity contribution is -0.164. The van der Waals surface area contributed by atoms with Gasteiger partial charge in [-0.25, -0.2) is 0 Å². The molecule has 0 fully saturated rings. The van der Waals surface area contributed by atoms with E-state index in [1.165, 1.54) is 7.11 Å². The highest BCUT2D eigenvalue weighted by molar-refractivity contribution is 9.10. The van der Waals surface area contributed by atoms with E-state index in [1.54, 1.807) is 31.2 Å². The Morgan fingerprint density at radius 1 is 1.42 bits per heavy atom. The predicted octanol–water partition coefficient (Wildman–Crippen LogP) is 1.98. The van der Waals surface area contributed by atoms with Crippen LogP contribution in [0.1, 0.15) is 12.5 Å². The lowest BCUT2D eigenvalue weighted by Gasteiger charge is -2.26. The van der Waals surface area contributed by atoms with E-state index < -0.39 is 17.4 Å². The monoisotopic (exact) mass is 330 g/mol. The molecule has 0 aliphatic heterocycles. The number of ether oxygens (including phenoxy) is 2. The van der Waals surface area contributed by atoms with Gasteiger partial charge in [-0.05, 0) is 24.6 Å². The van der Waals surface area contributed by atoms with E-state index >= 15 is 0 Å². The van der Waals surface area contributed by atoms with Crippen LogP contribution in [0.4, 0.5) is 0 Å². The third-order valence-corrected chi connectivity index (χ3v) is 3.16. The molecule has 0 heterocycles. The molecule has 1 aromatic carbocycles. The summed E-state index contributed by atoms with van der Waals surface area (Å²) in [4.78, 5) is 23.8. The minimum absolute atomic E-state index is 0.103. The van der Waals surface area contributed by atoms with E-state index in [4.69, 9.17) is 9.47 Å². The van der Waals surface area contributed by atoms with Gasteiger partial charge in [0.2, 0.25) is 5.41 Å². The maximum absolute atomic E-state index is 12.1. The van der Waals surface area contributed by atoms with Gasteiger partial charge in [0.15, 0.2) is 0 Å². The van der Waals surface area contributed by atoms with Gasteiger partial charge < -0.3 is 14.6 Å². The van der Waals surface area contributed by atoms with Gasteiger partial charge in [-0.15, -0.1) is 0 Å². The van der Waals surface area contributed by atoms with Gasteiger partial charge in [0.1, 0.15) is 0 Å². The number of rotatable bonds is 6. The van der Waals surface area contributed by atoms with Crippen molar-refractivity contribution in [2.45, 2.75) is 12.3 Å². The molecule has 6 heteroatoms. The van der Waals surface area contributed by atoms with Gasteiger partial charge >= 0.3 is 11.9 Å². The molecule has 0 amide bonds. The Morgan fingerprint density at radius 3 is 2.58 bits per heavy atom. The average molecular weight is 331 g/mol. The summed E-state index contributed by atoms with van der Waals surface area (Å²) in [5.74, 6) is -2.13. The molecule has 104 valence electrons. The number of carbonyl (C=O) groups is 2. The Kier molecular flexibility index (Phi) is 5.50. The first kappa shape index (κ1) is 15.7. The van der Waals surface area contributed by atoms with Crippen LogP contribution < -0.4 is 0 Å². The SMILES string of the molecule is CCOC(=O)C(COC)(C(=O)O)c1cccc(Br)c1. The summed E-state index contributed by atoms with van der Waals surface area (Å²) >= 11 is 3.26. The first-order valence-electron chi connectivity index (χ1n) is 5.64. The first-order valence-corrected chi connectivity index (χ1v) is 6.44. The van der Waals surface area contributed by atoms with Crippen LogP contribution in [-0.2, 0) is 24.5 Å². The van der Waals surface area contributed by atoms with Crippen molar-refractivity contribution < 1.29 is 24.2 Å². The first-order chi connectivity index (χ1) is 8.98. The fourth-order valence-electron chi connectivity index (χ4n) is 1.76. The van der Waals surface area contributed by atoms with Gasteiger partial charge in [0.25, 0.3) is 0 Å². The van der Waals surface area contributed by atoms with Crippen LogP contribution in [0.15, 0.2) is 28.7 Å². The number of hydrogen-bond donors (Lipinski definition) is 1. The van der Waals surface area contributed by atoms with Crippen molar-refractivity contribution in [3.8, 4) is 0 Å². The molecule has 1 aromatic rings. The van der Waals surface area contributed by atoms with Crippen molar-refractivity contribution >= 4 is 27.9 Å². The number of carboxylic acid groups (broad SMARTS) is 1. The predicted molar refractivity (Wildman–Crippen MR) is 72.0 cm³/mol. The third-order valence-electron chi connectivity index (χ3n) is 2.67. The summed E-state index contributed by atoms with van der Waals surface area (Å²) in [5.41, 5.74) is -1.54. The zero-order valence-corrected chi connectivity index (χ0v) is 12.3. The second-order valence-electron chi connectivity index (χ2n) is 3.87. The number of carbonyl (C=O) groups excluding carboxylic acids is 1. The Balaban J connectivity index is 3.39. The van der Waals surface area contributed by atoms with E-state index in [9.17, 15) is 14.7 Å². The highest BCUT2D eigenvalue weighted by atomic mass is 79.9. The van der Waals surface area contributed by atoms with Gasteiger partial charge in [-0.1, -0.05) is 28.1 Å². The zero-order chi connectivity index (χ0) is 14.5. The van der Waals surface area contributed by atoms with Crippen molar-refractivity contribution in [2.24, 2.45) is 0 Å². The summed E-state index contributed by atoms with van der Waals surface area (Å²) < 4.78 is 10.5. The van der Waals surface area contributed by atoms with Gasteiger partial charge in [0.05, 0.1) is 13.2 Å². The fourth-order valence-corrected chi connectivity index (χ4v) is 2.16.